The molecule has 112 valence electrons. The van der Waals surface area contributed by atoms with Gasteiger partial charge in [-0.1, -0.05) is 41.9 Å². The van der Waals surface area contributed by atoms with Crippen molar-refractivity contribution in [3.05, 3.63) is 58.9 Å². The highest BCUT2D eigenvalue weighted by molar-refractivity contribution is 6.31. The molecule has 0 aliphatic carbocycles. The summed E-state index contributed by atoms with van der Waals surface area (Å²) in [5.41, 5.74) is 1.58. The van der Waals surface area contributed by atoms with E-state index in [2.05, 4.69) is 0 Å². The summed E-state index contributed by atoms with van der Waals surface area (Å²) in [7, 11) is 0. The second-order valence-corrected chi connectivity index (χ2v) is 5.20. The van der Waals surface area contributed by atoms with Gasteiger partial charge in [0.25, 0.3) is 5.91 Å². The van der Waals surface area contributed by atoms with Gasteiger partial charge in [-0.05, 0) is 18.6 Å². The molecule has 4 nitrogen and oxygen atoms in total. The summed E-state index contributed by atoms with van der Waals surface area (Å²) in [6.45, 7) is 3.32. The first-order chi connectivity index (χ1) is 10.2. The van der Waals surface area contributed by atoms with Crippen LogP contribution in [0.25, 0.3) is 0 Å². The van der Waals surface area contributed by atoms with Gasteiger partial charge in [0.05, 0.1) is 11.6 Å². The molecule has 0 bridgehead atoms. The van der Waals surface area contributed by atoms with Crippen LogP contribution in [0.4, 0.5) is 0 Å². The van der Waals surface area contributed by atoms with Crippen molar-refractivity contribution in [1.82, 2.24) is 9.47 Å². The Morgan fingerprint density at radius 2 is 2.05 bits per heavy atom. The number of carbonyl (C=O) groups is 1. The minimum absolute atomic E-state index is 0.0703. The standard InChI is InChI=1S/C16H19ClN2O2/c1-2-18-12-14(17)10-15(18)16(21)19(8-9-20)11-13-6-4-3-5-7-13/h3-7,10,12,20H,2,8-9,11H2,1H3. The average molecular weight is 307 g/mol. The number of aryl methyl sites for hydroxylation is 1. The molecule has 0 saturated heterocycles. The highest BCUT2D eigenvalue weighted by Crippen LogP contribution is 2.17. The molecule has 0 unspecified atom stereocenters. The fourth-order valence-electron chi connectivity index (χ4n) is 2.25. The fourth-order valence-corrected chi connectivity index (χ4v) is 2.48. The van der Waals surface area contributed by atoms with Gasteiger partial charge in [-0.15, -0.1) is 0 Å². The largest absolute Gasteiger partial charge is 0.395 e. The summed E-state index contributed by atoms with van der Waals surface area (Å²) in [5, 5.41) is 9.76. The zero-order valence-electron chi connectivity index (χ0n) is 12.0. The predicted octanol–water partition coefficient (Wildman–Crippen LogP) is 2.80. The summed E-state index contributed by atoms with van der Waals surface area (Å²) in [4.78, 5) is 14.3. The molecule has 1 aromatic heterocycles. The third-order valence-electron chi connectivity index (χ3n) is 3.30. The molecule has 0 fully saturated rings. The number of carbonyl (C=O) groups excluding carboxylic acids is 1. The Morgan fingerprint density at radius 1 is 1.33 bits per heavy atom. The van der Waals surface area contributed by atoms with Gasteiger partial charge in [-0.2, -0.15) is 0 Å². The van der Waals surface area contributed by atoms with Crippen molar-refractivity contribution in [2.75, 3.05) is 13.2 Å². The molecule has 1 aromatic carbocycles. The Balaban J connectivity index is 2.22. The molecule has 1 amide bonds. The Kier molecular flexibility index (Phi) is 5.42. The Hall–Kier alpha value is -1.78. The fraction of sp³-hybridized carbons (Fsp3) is 0.312. The van der Waals surface area contributed by atoms with Gasteiger partial charge in [0.15, 0.2) is 0 Å². The molecule has 0 spiro atoms. The summed E-state index contributed by atoms with van der Waals surface area (Å²) >= 11 is 5.99. The predicted molar refractivity (Wildman–Crippen MR) is 83.4 cm³/mol. The van der Waals surface area contributed by atoms with Crippen LogP contribution in [0.1, 0.15) is 23.0 Å². The lowest BCUT2D eigenvalue weighted by atomic mass is 10.2. The van der Waals surface area contributed by atoms with Crippen molar-refractivity contribution in [3.63, 3.8) is 0 Å². The second kappa shape index (κ2) is 7.29. The first kappa shape index (κ1) is 15.6. The quantitative estimate of drug-likeness (QED) is 0.892. The Labute approximate surface area is 129 Å². The zero-order valence-corrected chi connectivity index (χ0v) is 12.8. The van der Waals surface area contributed by atoms with Crippen LogP contribution < -0.4 is 0 Å². The number of benzene rings is 1. The number of nitrogens with zero attached hydrogens (tertiary/aromatic N) is 2. The molecule has 2 rings (SSSR count). The van der Waals surface area contributed by atoms with Gasteiger partial charge in [-0.3, -0.25) is 4.79 Å². The van der Waals surface area contributed by atoms with Gasteiger partial charge in [-0.25, -0.2) is 0 Å². The monoisotopic (exact) mass is 306 g/mol. The van der Waals surface area contributed by atoms with E-state index < -0.39 is 0 Å². The average Bonchev–Trinajstić information content (AvgIpc) is 2.88. The summed E-state index contributed by atoms with van der Waals surface area (Å²) in [5.74, 6) is -0.123. The van der Waals surface area contributed by atoms with E-state index in [4.69, 9.17) is 11.6 Å². The number of aliphatic hydroxyl groups excluding tert-OH is 1. The minimum atomic E-state index is -0.123. The molecule has 5 heteroatoms. The van der Waals surface area contributed by atoms with Crippen LogP contribution >= 0.6 is 11.6 Å². The maximum absolute atomic E-state index is 12.7. The molecule has 2 aromatic rings. The number of hydrogen-bond donors (Lipinski definition) is 1. The summed E-state index contributed by atoms with van der Waals surface area (Å²) < 4.78 is 1.82. The SMILES string of the molecule is CCn1cc(Cl)cc1C(=O)N(CCO)Cc1ccccc1. The summed E-state index contributed by atoms with van der Waals surface area (Å²) in [6, 6.07) is 11.4. The van der Waals surface area contributed by atoms with Gasteiger partial charge >= 0.3 is 0 Å². The molecule has 0 atom stereocenters. The molecular formula is C16H19ClN2O2. The van der Waals surface area contributed by atoms with Crippen LogP contribution in [-0.4, -0.2) is 33.6 Å². The highest BCUT2D eigenvalue weighted by atomic mass is 35.5. The molecule has 0 radical (unpaired) electrons. The smallest absolute Gasteiger partial charge is 0.270 e. The van der Waals surface area contributed by atoms with Gasteiger partial charge in [0.2, 0.25) is 0 Å². The van der Waals surface area contributed by atoms with E-state index in [1.807, 2.05) is 41.8 Å². The van der Waals surface area contributed by atoms with Crippen molar-refractivity contribution in [2.24, 2.45) is 0 Å². The summed E-state index contributed by atoms with van der Waals surface area (Å²) in [6.07, 6.45) is 1.74. The van der Waals surface area contributed by atoms with E-state index in [1.54, 1.807) is 17.2 Å². The van der Waals surface area contributed by atoms with Crippen molar-refractivity contribution in [3.8, 4) is 0 Å². The van der Waals surface area contributed by atoms with Crippen LogP contribution in [0.5, 0.6) is 0 Å². The van der Waals surface area contributed by atoms with Gasteiger partial charge in [0.1, 0.15) is 5.69 Å². The lowest BCUT2D eigenvalue weighted by Gasteiger charge is -2.22. The molecule has 21 heavy (non-hydrogen) atoms. The highest BCUT2D eigenvalue weighted by Gasteiger charge is 2.19. The molecule has 0 aliphatic heterocycles. The van der Waals surface area contributed by atoms with Crippen molar-refractivity contribution >= 4 is 17.5 Å². The Bertz CT molecular complexity index is 596. The molecule has 1 N–H and O–H groups in total. The van der Waals surface area contributed by atoms with Crippen LogP contribution in [-0.2, 0) is 13.1 Å². The number of aromatic nitrogens is 1. The van der Waals surface area contributed by atoms with Gasteiger partial charge < -0.3 is 14.6 Å². The molecule has 0 saturated carbocycles. The molecule has 0 aliphatic rings. The minimum Gasteiger partial charge on any atom is -0.395 e. The first-order valence-corrected chi connectivity index (χ1v) is 7.33. The first-order valence-electron chi connectivity index (χ1n) is 6.95. The lowest BCUT2D eigenvalue weighted by molar-refractivity contribution is 0.0697. The Morgan fingerprint density at radius 3 is 2.67 bits per heavy atom. The van der Waals surface area contributed by atoms with E-state index in [9.17, 15) is 9.90 Å². The van der Waals surface area contributed by atoms with Crippen molar-refractivity contribution < 1.29 is 9.90 Å². The van der Waals surface area contributed by atoms with Crippen molar-refractivity contribution in [2.45, 2.75) is 20.0 Å². The van der Waals surface area contributed by atoms with Gasteiger partial charge in [0, 0.05) is 25.8 Å². The number of amides is 1. The maximum atomic E-state index is 12.7. The zero-order chi connectivity index (χ0) is 15.2. The van der Waals surface area contributed by atoms with E-state index in [0.717, 1.165) is 5.56 Å². The number of rotatable bonds is 6. The van der Waals surface area contributed by atoms with Crippen LogP contribution in [0, 0.1) is 0 Å². The topological polar surface area (TPSA) is 45.5 Å². The van der Waals surface area contributed by atoms with E-state index >= 15 is 0 Å². The third-order valence-corrected chi connectivity index (χ3v) is 3.50. The lowest BCUT2D eigenvalue weighted by Crippen LogP contribution is -2.34. The number of hydrogen-bond acceptors (Lipinski definition) is 2. The normalized spacial score (nSPS) is 10.6. The van der Waals surface area contributed by atoms with E-state index in [0.29, 0.717) is 30.4 Å². The van der Waals surface area contributed by atoms with Crippen LogP contribution in [0.15, 0.2) is 42.6 Å². The van der Waals surface area contributed by atoms with Crippen LogP contribution in [0.3, 0.4) is 0 Å². The van der Waals surface area contributed by atoms with Crippen LogP contribution in [0.2, 0.25) is 5.02 Å². The number of halogens is 1. The second-order valence-electron chi connectivity index (χ2n) is 4.77. The maximum Gasteiger partial charge on any atom is 0.270 e. The third kappa shape index (κ3) is 3.86. The number of aliphatic hydroxyl groups is 1. The molecular weight excluding hydrogens is 288 g/mol. The molecule has 1 heterocycles. The van der Waals surface area contributed by atoms with E-state index in [-0.39, 0.29) is 12.5 Å². The van der Waals surface area contributed by atoms with Crippen molar-refractivity contribution in [1.29, 1.82) is 0 Å². The van der Waals surface area contributed by atoms with E-state index in [1.165, 1.54) is 0 Å².